The molecule has 1 aliphatic rings. The van der Waals surface area contributed by atoms with Gasteiger partial charge in [0.1, 0.15) is 11.6 Å². The lowest BCUT2D eigenvalue weighted by atomic mass is 10.1. The fraction of sp³-hybridized carbons (Fsp3) is 0.296. The molecule has 7 nitrogen and oxygen atoms in total. The summed E-state index contributed by atoms with van der Waals surface area (Å²) in [6.45, 7) is 4.17. The van der Waals surface area contributed by atoms with Crippen LogP contribution in [0.5, 0.6) is 5.75 Å². The van der Waals surface area contributed by atoms with Gasteiger partial charge in [0, 0.05) is 55.9 Å². The Bertz CT molecular complexity index is 1360. The summed E-state index contributed by atoms with van der Waals surface area (Å²) >= 11 is 5.90. The van der Waals surface area contributed by atoms with Crippen LogP contribution in [0.15, 0.2) is 71.6 Å². The van der Waals surface area contributed by atoms with Gasteiger partial charge in [-0.05, 0) is 61.5 Å². The summed E-state index contributed by atoms with van der Waals surface area (Å²) in [5.41, 5.74) is 1.55. The Hall–Kier alpha value is -3.14. The number of nitrogens with zero attached hydrogens (tertiary/aromatic N) is 3. The monoisotopic (exact) mass is 545 g/mol. The molecule has 4 rings (SSSR count). The number of para-hydroxylation sites is 1. The van der Waals surface area contributed by atoms with Crippen molar-refractivity contribution in [3.05, 3.63) is 88.7 Å². The normalized spacial score (nSPS) is 14.2. The number of piperazine rings is 1. The second-order valence-corrected chi connectivity index (χ2v) is 11.2. The van der Waals surface area contributed by atoms with E-state index in [0.717, 1.165) is 0 Å². The fourth-order valence-corrected chi connectivity index (χ4v) is 5.56. The number of anilines is 1. The molecule has 3 aromatic carbocycles. The minimum Gasteiger partial charge on any atom is -0.494 e. The topological polar surface area (TPSA) is 70.2 Å². The molecule has 1 heterocycles. The van der Waals surface area contributed by atoms with E-state index < -0.39 is 10.0 Å². The maximum atomic E-state index is 14.2. The zero-order valence-electron chi connectivity index (χ0n) is 20.7. The highest BCUT2D eigenvalue weighted by molar-refractivity contribution is 7.89. The molecule has 196 valence electrons. The SMILES string of the molecule is CCOc1ccc(C(=O)N2CCN(c3ccccc3F)CC2)cc1CN(C)S(=O)(=O)c1ccc(Cl)cc1. The van der Waals surface area contributed by atoms with Crippen LogP contribution in [0.3, 0.4) is 0 Å². The summed E-state index contributed by atoms with van der Waals surface area (Å²) in [6.07, 6.45) is 0. The Kier molecular flexibility index (Phi) is 8.36. The maximum absolute atomic E-state index is 14.2. The summed E-state index contributed by atoms with van der Waals surface area (Å²) in [4.78, 5) is 17.1. The van der Waals surface area contributed by atoms with Crippen LogP contribution in [-0.4, -0.2) is 63.4 Å². The van der Waals surface area contributed by atoms with Crippen molar-refractivity contribution < 1.29 is 22.3 Å². The van der Waals surface area contributed by atoms with E-state index in [4.69, 9.17) is 16.3 Å². The first-order valence-corrected chi connectivity index (χ1v) is 13.8. The number of amides is 1. The van der Waals surface area contributed by atoms with Gasteiger partial charge < -0.3 is 14.5 Å². The minimum atomic E-state index is -3.79. The smallest absolute Gasteiger partial charge is 0.253 e. The van der Waals surface area contributed by atoms with Gasteiger partial charge in [0.15, 0.2) is 0 Å². The van der Waals surface area contributed by atoms with Crippen LogP contribution in [0.25, 0.3) is 0 Å². The second-order valence-electron chi connectivity index (χ2n) is 8.70. The standard InChI is InChI=1S/C27H29ClFN3O4S/c1-3-36-26-13-8-20(18-21(26)19-30(2)37(34,35)23-11-9-22(28)10-12-23)27(33)32-16-14-31(15-17-32)25-7-5-4-6-24(25)29/h4-13,18H,3,14-17,19H2,1-2H3. The van der Waals surface area contributed by atoms with Crippen molar-refractivity contribution in [3.63, 3.8) is 0 Å². The first-order chi connectivity index (χ1) is 17.7. The van der Waals surface area contributed by atoms with E-state index in [1.807, 2.05) is 11.8 Å². The van der Waals surface area contributed by atoms with Crippen LogP contribution < -0.4 is 9.64 Å². The van der Waals surface area contributed by atoms with Crippen LogP contribution >= 0.6 is 11.6 Å². The highest BCUT2D eigenvalue weighted by Gasteiger charge is 2.26. The molecule has 3 aromatic rings. The predicted molar refractivity (Wildman–Crippen MR) is 142 cm³/mol. The van der Waals surface area contributed by atoms with Crippen molar-refractivity contribution in [2.45, 2.75) is 18.4 Å². The molecule has 0 bridgehead atoms. The lowest BCUT2D eigenvalue weighted by molar-refractivity contribution is 0.0746. The van der Waals surface area contributed by atoms with Gasteiger partial charge in [-0.2, -0.15) is 4.31 Å². The van der Waals surface area contributed by atoms with E-state index in [-0.39, 0.29) is 23.2 Å². The van der Waals surface area contributed by atoms with Gasteiger partial charge >= 0.3 is 0 Å². The van der Waals surface area contributed by atoms with E-state index in [1.54, 1.807) is 41.3 Å². The van der Waals surface area contributed by atoms with Crippen molar-refractivity contribution in [2.75, 3.05) is 44.7 Å². The van der Waals surface area contributed by atoms with Crippen LogP contribution in [0.4, 0.5) is 10.1 Å². The van der Waals surface area contributed by atoms with Gasteiger partial charge in [0.05, 0.1) is 17.2 Å². The molecule has 0 saturated carbocycles. The highest BCUT2D eigenvalue weighted by atomic mass is 35.5. The summed E-state index contributed by atoms with van der Waals surface area (Å²) in [5.74, 6) is 0.0679. The van der Waals surface area contributed by atoms with Gasteiger partial charge in [-0.3, -0.25) is 4.79 Å². The van der Waals surface area contributed by atoms with Crippen LogP contribution in [-0.2, 0) is 16.6 Å². The third-order valence-electron chi connectivity index (χ3n) is 6.28. The molecule has 0 spiro atoms. The third kappa shape index (κ3) is 6.06. The first-order valence-electron chi connectivity index (χ1n) is 12.0. The Labute approximate surface area is 222 Å². The second kappa shape index (κ2) is 11.5. The molecule has 1 amide bonds. The molecule has 0 aromatic heterocycles. The van der Waals surface area contributed by atoms with E-state index in [9.17, 15) is 17.6 Å². The average Bonchev–Trinajstić information content (AvgIpc) is 2.90. The molecule has 0 radical (unpaired) electrons. The van der Waals surface area contributed by atoms with Gasteiger partial charge in [-0.25, -0.2) is 12.8 Å². The number of hydrogen-bond acceptors (Lipinski definition) is 5. The van der Waals surface area contributed by atoms with E-state index in [1.165, 1.54) is 41.7 Å². The summed E-state index contributed by atoms with van der Waals surface area (Å²) in [5, 5.41) is 0.446. The summed E-state index contributed by atoms with van der Waals surface area (Å²) in [6, 6.07) is 17.7. The zero-order chi connectivity index (χ0) is 26.6. The number of rotatable bonds is 8. The molecule has 0 atom stereocenters. The molecule has 1 fully saturated rings. The van der Waals surface area contributed by atoms with E-state index >= 15 is 0 Å². The minimum absolute atomic E-state index is 0.0163. The Morgan fingerprint density at radius 1 is 1.03 bits per heavy atom. The molecule has 10 heteroatoms. The largest absolute Gasteiger partial charge is 0.494 e. The lowest BCUT2D eigenvalue weighted by Crippen LogP contribution is -2.49. The first kappa shape index (κ1) is 26.9. The average molecular weight is 546 g/mol. The van der Waals surface area contributed by atoms with Gasteiger partial charge in [-0.15, -0.1) is 0 Å². The highest BCUT2D eigenvalue weighted by Crippen LogP contribution is 2.27. The number of carbonyl (C=O) groups excluding carboxylic acids is 1. The van der Waals surface area contributed by atoms with Gasteiger partial charge in [0.2, 0.25) is 10.0 Å². The number of hydrogen-bond donors (Lipinski definition) is 0. The summed E-state index contributed by atoms with van der Waals surface area (Å²) in [7, 11) is -2.31. The van der Waals surface area contributed by atoms with Crippen molar-refractivity contribution in [2.24, 2.45) is 0 Å². The van der Waals surface area contributed by atoms with Gasteiger partial charge in [0.25, 0.3) is 5.91 Å². The molecule has 37 heavy (non-hydrogen) atoms. The molecule has 0 unspecified atom stereocenters. The van der Waals surface area contributed by atoms with Crippen molar-refractivity contribution >= 4 is 33.2 Å². The molecule has 1 saturated heterocycles. The number of carbonyl (C=O) groups is 1. The van der Waals surface area contributed by atoms with Crippen molar-refractivity contribution in [1.29, 1.82) is 0 Å². The Balaban J connectivity index is 1.50. The molecule has 1 aliphatic heterocycles. The lowest BCUT2D eigenvalue weighted by Gasteiger charge is -2.36. The summed E-state index contributed by atoms with van der Waals surface area (Å²) < 4.78 is 47.3. The van der Waals surface area contributed by atoms with Crippen LogP contribution in [0.1, 0.15) is 22.8 Å². The zero-order valence-corrected chi connectivity index (χ0v) is 22.3. The quantitative estimate of drug-likeness (QED) is 0.412. The number of benzene rings is 3. The number of ether oxygens (including phenoxy) is 1. The van der Waals surface area contributed by atoms with Gasteiger partial charge in [-0.1, -0.05) is 23.7 Å². The molecular formula is C27H29ClFN3O4S. The third-order valence-corrected chi connectivity index (χ3v) is 8.35. The van der Waals surface area contributed by atoms with Crippen molar-refractivity contribution in [1.82, 2.24) is 9.21 Å². The predicted octanol–water partition coefficient (Wildman–Crippen LogP) is 4.66. The van der Waals surface area contributed by atoms with Crippen LogP contribution in [0.2, 0.25) is 5.02 Å². The molecule has 0 N–H and O–H groups in total. The van der Waals surface area contributed by atoms with Crippen LogP contribution in [0, 0.1) is 5.82 Å². The number of sulfonamides is 1. The molecular weight excluding hydrogens is 517 g/mol. The van der Waals surface area contributed by atoms with E-state index in [0.29, 0.717) is 60.4 Å². The van der Waals surface area contributed by atoms with Crippen molar-refractivity contribution in [3.8, 4) is 5.75 Å². The Morgan fingerprint density at radius 2 is 1.70 bits per heavy atom. The Morgan fingerprint density at radius 3 is 2.35 bits per heavy atom. The maximum Gasteiger partial charge on any atom is 0.253 e. The fourth-order valence-electron chi connectivity index (χ4n) is 4.28. The molecule has 0 aliphatic carbocycles. The van der Waals surface area contributed by atoms with E-state index in [2.05, 4.69) is 0 Å². The number of halogens is 2.